The molecule has 1 fully saturated rings. The predicted molar refractivity (Wildman–Crippen MR) is 104 cm³/mol. The molecule has 0 aliphatic carbocycles. The van der Waals surface area contributed by atoms with Crippen LogP contribution in [0.5, 0.6) is 0 Å². The standard InChI is InChI=1S/C21H30N4O/c1-14-8-6-7-9-20(14)25-17(4)19(16(3)23-25)13-24(5)21(26)18-10-11-22-15(2)12-18/h6-9,15,18,22H,10-13H2,1-5H3/t15-,18-/m0/s1. The lowest BCUT2D eigenvalue weighted by Gasteiger charge is -2.30. The molecule has 5 nitrogen and oxygen atoms in total. The molecule has 0 radical (unpaired) electrons. The first-order chi connectivity index (χ1) is 12.4. The van der Waals surface area contributed by atoms with Crippen LogP contribution >= 0.6 is 0 Å². The average molecular weight is 354 g/mol. The normalized spacial score (nSPS) is 20.2. The van der Waals surface area contributed by atoms with Crippen LogP contribution in [0.1, 0.15) is 42.3 Å². The van der Waals surface area contributed by atoms with E-state index >= 15 is 0 Å². The molecule has 26 heavy (non-hydrogen) atoms. The zero-order chi connectivity index (χ0) is 18.8. The maximum atomic E-state index is 12.9. The Balaban J connectivity index is 1.80. The van der Waals surface area contributed by atoms with Crippen molar-refractivity contribution in [1.29, 1.82) is 0 Å². The Morgan fingerprint density at radius 1 is 1.31 bits per heavy atom. The number of piperidine rings is 1. The number of amides is 1. The van der Waals surface area contributed by atoms with Crippen molar-refractivity contribution < 1.29 is 4.79 Å². The molecule has 2 atom stereocenters. The third-order valence-corrected chi connectivity index (χ3v) is 5.53. The number of aromatic nitrogens is 2. The summed E-state index contributed by atoms with van der Waals surface area (Å²) < 4.78 is 2.00. The number of nitrogens with zero attached hydrogens (tertiary/aromatic N) is 3. The molecule has 1 aliphatic heterocycles. The van der Waals surface area contributed by atoms with Crippen LogP contribution < -0.4 is 5.32 Å². The van der Waals surface area contributed by atoms with Crippen LogP contribution in [-0.2, 0) is 11.3 Å². The first-order valence-electron chi connectivity index (χ1n) is 9.48. The van der Waals surface area contributed by atoms with Crippen molar-refractivity contribution >= 4 is 5.91 Å². The van der Waals surface area contributed by atoms with Crippen molar-refractivity contribution in [2.75, 3.05) is 13.6 Å². The highest BCUT2D eigenvalue weighted by molar-refractivity contribution is 5.78. The van der Waals surface area contributed by atoms with Gasteiger partial charge in [-0.05, 0) is 58.7 Å². The highest BCUT2D eigenvalue weighted by atomic mass is 16.2. The molecule has 1 aromatic heterocycles. The van der Waals surface area contributed by atoms with Crippen LogP contribution in [-0.4, -0.2) is 40.2 Å². The van der Waals surface area contributed by atoms with E-state index in [-0.39, 0.29) is 11.8 Å². The van der Waals surface area contributed by atoms with Gasteiger partial charge in [0.1, 0.15) is 0 Å². The smallest absolute Gasteiger partial charge is 0.225 e. The zero-order valence-electron chi connectivity index (χ0n) is 16.5. The summed E-state index contributed by atoms with van der Waals surface area (Å²) in [7, 11) is 1.92. The summed E-state index contributed by atoms with van der Waals surface area (Å²) in [5, 5.41) is 8.16. The van der Waals surface area contributed by atoms with E-state index in [4.69, 9.17) is 5.10 Å². The fraction of sp³-hybridized carbons (Fsp3) is 0.524. The highest BCUT2D eigenvalue weighted by Crippen LogP contribution is 2.23. The SMILES string of the molecule is Cc1ccccc1-n1nc(C)c(CN(C)C(=O)[C@H]2CCN[C@@H](C)C2)c1C. The zero-order valence-corrected chi connectivity index (χ0v) is 16.5. The molecule has 1 N–H and O–H groups in total. The Hall–Kier alpha value is -2.14. The molecule has 1 saturated heterocycles. The van der Waals surface area contributed by atoms with Crippen molar-refractivity contribution in [3.05, 3.63) is 46.8 Å². The molecule has 0 spiro atoms. The highest BCUT2D eigenvalue weighted by Gasteiger charge is 2.28. The summed E-state index contributed by atoms with van der Waals surface area (Å²) >= 11 is 0. The van der Waals surface area contributed by atoms with Gasteiger partial charge in [-0.3, -0.25) is 4.79 Å². The van der Waals surface area contributed by atoms with Crippen molar-refractivity contribution in [2.45, 2.75) is 53.1 Å². The molecule has 1 aromatic carbocycles. The van der Waals surface area contributed by atoms with Crippen LogP contribution in [0.25, 0.3) is 5.69 Å². The van der Waals surface area contributed by atoms with E-state index in [1.54, 1.807) is 0 Å². The van der Waals surface area contributed by atoms with Crippen LogP contribution in [0, 0.1) is 26.7 Å². The average Bonchev–Trinajstić information content (AvgIpc) is 2.89. The Kier molecular flexibility index (Phi) is 5.47. The first-order valence-corrected chi connectivity index (χ1v) is 9.48. The molecule has 1 amide bonds. The molecular formula is C21H30N4O. The number of rotatable bonds is 4. The molecule has 5 heteroatoms. The van der Waals surface area contributed by atoms with Crippen molar-refractivity contribution in [2.24, 2.45) is 5.92 Å². The molecule has 0 unspecified atom stereocenters. The minimum absolute atomic E-state index is 0.128. The molecule has 0 saturated carbocycles. The van der Waals surface area contributed by atoms with Gasteiger partial charge in [0.25, 0.3) is 0 Å². The van der Waals surface area contributed by atoms with Gasteiger partial charge >= 0.3 is 0 Å². The van der Waals surface area contributed by atoms with Gasteiger partial charge in [0.05, 0.1) is 11.4 Å². The Morgan fingerprint density at radius 2 is 2.04 bits per heavy atom. The molecule has 1 aliphatic rings. The number of aryl methyl sites for hydroxylation is 2. The Morgan fingerprint density at radius 3 is 2.73 bits per heavy atom. The number of hydrogen-bond donors (Lipinski definition) is 1. The van der Waals surface area contributed by atoms with Crippen molar-refractivity contribution in [1.82, 2.24) is 20.0 Å². The van der Waals surface area contributed by atoms with Crippen LogP contribution in [0.3, 0.4) is 0 Å². The van der Waals surface area contributed by atoms with Crippen LogP contribution in [0.15, 0.2) is 24.3 Å². The van der Waals surface area contributed by atoms with Crippen molar-refractivity contribution in [3.8, 4) is 5.69 Å². The van der Waals surface area contributed by atoms with Gasteiger partial charge in [0.15, 0.2) is 0 Å². The third kappa shape index (κ3) is 3.68. The van der Waals surface area contributed by atoms with Crippen molar-refractivity contribution in [3.63, 3.8) is 0 Å². The van der Waals surface area contributed by atoms with Gasteiger partial charge < -0.3 is 10.2 Å². The second kappa shape index (κ2) is 7.62. The maximum absolute atomic E-state index is 12.9. The summed E-state index contributed by atoms with van der Waals surface area (Å²) in [5.74, 6) is 0.379. The summed E-state index contributed by atoms with van der Waals surface area (Å²) in [5.41, 5.74) is 5.53. The lowest BCUT2D eigenvalue weighted by Crippen LogP contribution is -2.42. The van der Waals surface area contributed by atoms with Gasteiger partial charge in [-0.25, -0.2) is 4.68 Å². The molecule has 0 bridgehead atoms. The minimum Gasteiger partial charge on any atom is -0.341 e. The quantitative estimate of drug-likeness (QED) is 0.918. The van der Waals surface area contributed by atoms with Gasteiger partial charge in [0, 0.05) is 36.8 Å². The number of carbonyl (C=O) groups is 1. The van der Waals surface area contributed by atoms with Crippen LogP contribution in [0.2, 0.25) is 0 Å². The molecule has 2 heterocycles. The minimum atomic E-state index is 0.128. The second-order valence-electron chi connectivity index (χ2n) is 7.62. The number of para-hydroxylation sites is 1. The second-order valence-corrected chi connectivity index (χ2v) is 7.62. The molecule has 3 rings (SSSR count). The number of carbonyl (C=O) groups excluding carboxylic acids is 1. The van der Waals surface area contributed by atoms with Gasteiger partial charge in [-0.1, -0.05) is 18.2 Å². The topological polar surface area (TPSA) is 50.2 Å². The van der Waals surface area contributed by atoms with E-state index in [2.05, 4.69) is 38.2 Å². The van der Waals surface area contributed by atoms with Gasteiger partial charge in [-0.2, -0.15) is 5.10 Å². The van der Waals surface area contributed by atoms with E-state index in [0.717, 1.165) is 42.0 Å². The lowest BCUT2D eigenvalue weighted by molar-refractivity contribution is -0.135. The third-order valence-electron chi connectivity index (χ3n) is 5.53. The summed E-state index contributed by atoms with van der Waals surface area (Å²) in [6.45, 7) is 9.91. The van der Waals surface area contributed by atoms with E-state index in [1.165, 1.54) is 5.56 Å². The summed E-state index contributed by atoms with van der Waals surface area (Å²) in [6.07, 6.45) is 1.84. The van der Waals surface area contributed by atoms with Crippen LogP contribution in [0.4, 0.5) is 0 Å². The Labute approximate surface area is 156 Å². The Bertz CT molecular complexity index is 795. The molecular weight excluding hydrogens is 324 g/mol. The van der Waals surface area contributed by atoms with E-state index in [0.29, 0.717) is 12.6 Å². The number of benzene rings is 1. The fourth-order valence-corrected chi connectivity index (χ4v) is 3.92. The molecule has 2 aromatic rings. The van der Waals surface area contributed by atoms with E-state index in [9.17, 15) is 4.79 Å². The largest absolute Gasteiger partial charge is 0.341 e. The predicted octanol–water partition coefficient (Wildman–Crippen LogP) is 3.14. The monoisotopic (exact) mass is 354 g/mol. The molecule has 140 valence electrons. The van der Waals surface area contributed by atoms with E-state index < -0.39 is 0 Å². The number of nitrogens with one attached hydrogen (secondary N) is 1. The summed E-state index contributed by atoms with van der Waals surface area (Å²) in [4.78, 5) is 14.7. The maximum Gasteiger partial charge on any atom is 0.225 e. The first kappa shape index (κ1) is 18.6. The van der Waals surface area contributed by atoms with Gasteiger partial charge in [-0.15, -0.1) is 0 Å². The lowest BCUT2D eigenvalue weighted by atomic mass is 9.92. The number of hydrogen-bond acceptors (Lipinski definition) is 3. The fourth-order valence-electron chi connectivity index (χ4n) is 3.92. The van der Waals surface area contributed by atoms with Gasteiger partial charge in [0.2, 0.25) is 5.91 Å². The summed E-state index contributed by atoms with van der Waals surface area (Å²) in [6, 6.07) is 8.67. The van der Waals surface area contributed by atoms with E-state index in [1.807, 2.05) is 35.7 Å².